The lowest BCUT2D eigenvalue weighted by molar-refractivity contribution is -0.144. The largest absolute Gasteiger partial charge is 0.389 e. The number of nitrogens with one attached hydrogen (secondary N) is 1. The van der Waals surface area contributed by atoms with E-state index in [0.29, 0.717) is 4.88 Å². The maximum atomic E-state index is 12.2. The van der Waals surface area contributed by atoms with Crippen LogP contribution in [0.4, 0.5) is 13.2 Å². The molecule has 1 rings (SSSR count). The number of thiophene rings is 1. The Labute approximate surface area is 131 Å². The molecule has 0 aliphatic rings. The zero-order chi connectivity index (χ0) is 17.1. The topological polar surface area (TPSA) is 46.2 Å². The van der Waals surface area contributed by atoms with E-state index in [1.165, 1.54) is 11.3 Å². The van der Waals surface area contributed by atoms with Crippen LogP contribution in [0.5, 0.6) is 0 Å². The number of aryl methyl sites for hydroxylation is 2. The number of Topliss-reactive ketones (excluding diaryl/α,β-unsaturated/α-hetero) is 1. The lowest BCUT2D eigenvalue weighted by Gasteiger charge is -2.21. The number of halogens is 3. The molecule has 1 aromatic rings. The van der Waals surface area contributed by atoms with Crippen molar-refractivity contribution in [3.05, 3.63) is 21.4 Å². The van der Waals surface area contributed by atoms with E-state index < -0.39 is 36.8 Å². The molecule has 1 aromatic heterocycles. The van der Waals surface area contributed by atoms with Gasteiger partial charge >= 0.3 is 6.18 Å². The molecule has 0 fully saturated rings. The highest BCUT2D eigenvalue weighted by molar-refractivity contribution is 7.14. The normalized spacial score (nSPS) is 13.3. The zero-order valence-electron chi connectivity index (χ0n) is 13.0. The first-order valence-electron chi connectivity index (χ1n) is 6.98. The maximum Gasteiger partial charge on any atom is 0.389 e. The monoisotopic (exact) mass is 335 g/mol. The van der Waals surface area contributed by atoms with Crippen LogP contribution in [0.1, 0.15) is 46.8 Å². The fourth-order valence-corrected chi connectivity index (χ4v) is 3.04. The highest BCUT2D eigenvalue weighted by Gasteiger charge is 2.31. The second-order valence-electron chi connectivity index (χ2n) is 5.65. The van der Waals surface area contributed by atoms with Gasteiger partial charge in [0, 0.05) is 11.3 Å². The van der Waals surface area contributed by atoms with Crippen molar-refractivity contribution < 1.29 is 22.8 Å². The molecule has 0 saturated heterocycles. The van der Waals surface area contributed by atoms with Gasteiger partial charge in [0.15, 0.2) is 5.78 Å². The molecule has 124 valence electrons. The number of carbonyl (C=O) groups is 2. The van der Waals surface area contributed by atoms with Crippen LogP contribution in [-0.4, -0.2) is 23.9 Å². The average molecular weight is 335 g/mol. The third kappa shape index (κ3) is 5.44. The van der Waals surface area contributed by atoms with Crippen LogP contribution in [0.15, 0.2) is 6.07 Å². The number of hydrogen-bond acceptors (Lipinski definition) is 3. The molecule has 7 heteroatoms. The molecule has 1 atom stereocenters. The summed E-state index contributed by atoms with van der Waals surface area (Å²) >= 11 is 1.30. The van der Waals surface area contributed by atoms with E-state index in [-0.39, 0.29) is 5.92 Å². The van der Waals surface area contributed by atoms with Crippen LogP contribution in [0.25, 0.3) is 0 Å². The van der Waals surface area contributed by atoms with Gasteiger partial charge in [0.25, 0.3) is 5.91 Å². The van der Waals surface area contributed by atoms with Gasteiger partial charge in [0.2, 0.25) is 0 Å². The number of alkyl halides is 3. The van der Waals surface area contributed by atoms with Crippen LogP contribution >= 0.6 is 11.3 Å². The first kappa shape index (κ1) is 18.7. The highest BCUT2D eigenvalue weighted by atomic mass is 32.1. The Morgan fingerprint density at radius 1 is 1.27 bits per heavy atom. The van der Waals surface area contributed by atoms with Gasteiger partial charge in [0.05, 0.1) is 17.3 Å². The summed E-state index contributed by atoms with van der Waals surface area (Å²) in [5.41, 5.74) is 0.797. The maximum absolute atomic E-state index is 12.2. The van der Waals surface area contributed by atoms with Gasteiger partial charge in [-0.05, 0) is 31.4 Å². The molecular formula is C15H20F3NO2S. The highest BCUT2D eigenvalue weighted by Crippen LogP contribution is 2.24. The molecule has 1 heterocycles. The van der Waals surface area contributed by atoms with E-state index >= 15 is 0 Å². The number of amides is 1. The Morgan fingerprint density at radius 2 is 1.86 bits per heavy atom. The quantitative estimate of drug-likeness (QED) is 0.853. The molecule has 0 aromatic carbocycles. The average Bonchev–Trinajstić information content (AvgIpc) is 2.70. The van der Waals surface area contributed by atoms with E-state index in [1.807, 2.05) is 13.0 Å². The van der Waals surface area contributed by atoms with Gasteiger partial charge in [-0.1, -0.05) is 13.8 Å². The molecule has 22 heavy (non-hydrogen) atoms. The third-order valence-corrected chi connectivity index (χ3v) is 4.35. The van der Waals surface area contributed by atoms with Gasteiger partial charge in [-0.25, -0.2) is 0 Å². The van der Waals surface area contributed by atoms with E-state index in [4.69, 9.17) is 0 Å². The minimum absolute atomic E-state index is 0.272. The number of rotatable bonds is 6. The summed E-state index contributed by atoms with van der Waals surface area (Å²) < 4.78 is 36.7. The summed E-state index contributed by atoms with van der Waals surface area (Å²) in [5, 5.41) is 2.58. The Bertz CT molecular complexity index is 549. The van der Waals surface area contributed by atoms with Crippen molar-refractivity contribution in [2.75, 3.05) is 0 Å². The Hall–Kier alpha value is -1.37. The van der Waals surface area contributed by atoms with Crippen molar-refractivity contribution in [2.24, 2.45) is 5.92 Å². The van der Waals surface area contributed by atoms with E-state index in [1.54, 1.807) is 20.8 Å². The van der Waals surface area contributed by atoms with Gasteiger partial charge in [-0.2, -0.15) is 13.2 Å². The molecule has 0 spiro atoms. The van der Waals surface area contributed by atoms with Crippen molar-refractivity contribution in [2.45, 2.75) is 52.8 Å². The molecule has 0 saturated carbocycles. The predicted octanol–water partition coefficient (Wildman–Crippen LogP) is 4.03. The summed E-state index contributed by atoms with van der Waals surface area (Å²) in [6.07, 6.45) is -6.15. The molecule has 3 nitrogen and oxygen atoms in total. The second kappa shape index (κ2) is 7.26. The van der Waals surface area contributed by atoms with E-state index in [2.05, 4.69) is 5.32 Å². The molecule has 0 radical (unpaired) electrons. The van der Waals surface area contributed by atoms with Gasteiger partial charge in [0.1, 0.15) is 0 Å². The fraction of sp³-hybridized carbons (Fsp3) is 0.600. The third-order valence-electron chi connectivity index (χ3n) is 3.20. The van der Waals surface area contributed by atoms with Crippen molar-refractivity contribution in [3.8, 4) is 0 Å². The van der Waals surface area contributed by atoms with Crippen molar-refractivity contribution in [1.82, 2.24) is 5.32 Å². The zero-order valence-corrected chi connectivity index (χ0v) is 13.8. The molecule has 0 aliphatic heterocycles. The Morgan fingerprint density at radius 3 is 2.27 bits per heavy atom. The van der Waals surface area contributed by atoms with Crippen molar-refractivity contribution in [1.29, 1.82) is 0 Å². The van der Waals surface area contributed by atoms with E-state index in [0.717, 1.165) is 10.4 Å². The summed E-state index contributed by atoms with van der Waals surface area (Å²) in [4.78, 5) is 25.7. The van der Waals surface area contributed by atoms with Crippen LogP contribution in [0.3, 0.4) is 0 Å². The minimum atomic E-state index is -4.37. The standard InChI is InChI=1S/C15H20F3NO2S/c1-8(2)12(11(20)5-6-15(16,17)18)19-14(21)13-9(3)7-10(4)22-13/h7-8,12H,5-6H2,1-4H3,(H,19,21)/t12-/m0/s1. The molecule has 0 unspecified atom stereocenters. The molecule has 1 N–H and O–H groups in total. The van der Waals surface area contributed by atoms with E-state index in [9.17, 15) is 22.8 Å². The van der Waals surface area contributed by atoms with Crippen LogP contribution in [0.2, 0.25) is 0 Å². The molecular weight excluding hydrogens is 315 g/mol. The second-order valence-corrected chi connectivity index (χ2v) is 6.90. The number of ketones is 1. The van der Waals surface area contributed by atoms with Gasteiger partial charge < -0.3 is 5.32 Å². The summed E-state index contributed by atoms with van der Waals surface area (Å²) in [7, 11) is 0. The summed E-state index contributed by atoms with van der Waals surface area (Å²) in [6.45, 7) is 7.04. The molecule has 0 aliphatic carbocycles. The van der Waals surface area contributed by atoms with Crippen LogP contribution in [-0.2, 0) is 4.79 Å². The Kier molecular flexibility index (Phi) is 6.17. The molecule has 0 bridgehead atoms. The Balaban J connectivity index is 2.78. The fourth-order valence-electron chi connectivity index (χ4n) is 2.11. The molecule has 1 amide bonds. The van der Waals surface area contributed by atoms with Crippen molar-refractivity contribution in [3.63, 3.8) is 0 Å². The minimum Gasteiger partial charge on any atom is -0.341 e. The smallest absolute Gasteiger partial charge is 0.341 e. The lowest BCUT2D eigenvalue weighted by atomic mass is 9.96. The first-order valence-corrected chi connectivity index (χ1v) is 7.80. The number of hydrogen-bond donors (Lipinski definition) is 1. The van der Waals surface area contributed by atoms with Crippen LogP contribution in [0, 0.1) is 19.8 Å². The SMILES string of the molecule is Cc1cc(C)c(C(=O)N[C@H](C(=O)CCC(F)(F)F)C(C)C)s1. The summed E-state index contributed by atoms with van der Waals surface area (Å²) in [6, 6.07) is 0.951. The van der Waals surface area contributed by atoms with Gasteiger partial charge in [-0.15, -0.1) is 11.3 Å². The predicted molar refractivity (Wildman–Crippen MR) is 80.2 cm³/mol. The first-order chi connectivity index (χ1) is 10.0. The van der Waals surface area contributed by atoms with Gasteiger partial charge in [-0.3, -0.25) is 9.59 Å². The summed E-state index contributed by atoms with van der Waals surface area (Å²) in [5.74, 6) is -1.27. The lowest BCUT2D eigenvalue weighted by Crippen LogP contribution is -2.44. The number of carbonyl (C=O) groups excluding carboxylic acids is 2. The van der Waals surface area contributed by atoms with Crippen molar-refractivity contribution >= 4 is 23.0 Å². The van der Waals surface area contributed by atoms with Crippen LogP contribution < -0.4 is 5.32 Å².